The summed E-state index contributed by atoms with van der Waals surface area (Å²) in [5, 5.41) is 9.41. The lowest BCUT2D eigenvalue weighted by atomic mass is 10.1. The SMILES string of the molecule is Cc1c(/C=N\N2C(=O)CSC2=S)c2ccccc2n1CC(=O)Nc1ccc2c(c1)OCO2. The average molecular weight is 467 g/mol. The number of carbonyl (C=O) groups is 2. The first-order valence-corrected chi connectivity index (χ1v) is 11.2. The van der Waals surface area contributed by atoms with Crippen LogP contribution in [-0.4, -0.2) is 44.5 Å². The van der Waals surface area contributed by atoms with Crippen molar-refractivity contribution in [1.29, 1.82) is 0 Å². The van der Waals surface area contributed by atoms with Crippen LogP contribution in [0.5, 0.6) is 11.5 Å². The standard InChI is InChI=1S/C22H18N4O4S2/c1-13-16(9-23-26-21(28)11-32-22(26)31)15-4-2-3-5-17(15)25(13)10-20(27)24-14-6-7-18-19(8-14)30-12-29-18/h2-9H,10-12H2,1H3,(H,24,27)/b23-9-. The second kappa shape index (κ2) is 8.29. The van der Waals surface area contributed by atoms with Gasteiger partial charge in [-0.1, -0.05) is 42.2 Å². The van der Waals surface area contributed by atoms with E-state index in [2.05, 4.69) is 10.4 Å². The summed E-state index contributed by atoms with van der Waals surface area (Å²) in [6, 6.07) is 13.1. The molecule has 0 saturated carbocycles. The number of anilines is 1. The highest BCUT2D eigenvalue weighted by atomic mass is 32.2. The van der Waals surface area contributed by atoms with Gasteiger partial charge in [-0.3, -0.25) is 9.59 Å². The van der Waals surface area contributed by atoms with Crippen LogP contribution in [0.1, 0.15) is 11.3 Å². The van der Waals surface area contributed by atoms with Crippen LogP contribution in [0.25, 0.3) is 10.9 Å². The Balaban J connectivity index is 1.41. The molecule has 32 heavy (non-hydrogen) atoms. The second-order valence-corrected chi connectivity index (χ2v) is 8.83. The Bertz CT molecular complexity index is 1280. The molecule has 10 heteroatoms. The van der Waals surface area contributed by atoms with Crippen molar-refractivity contribution in [2.24, 2.45) is 5.10 Å². The van der Waals surface area contributed by atoms with E-state index in [0.717, 1.165) is 22.2 Å². The summed E-state index contributed by atoms with van der Waals surface area (Å²) in [6.45, 7) is 2.22. The lowest BCUT2D eigenvalue weighted by Crippen LogP contribution is -2.22. The van der Waals surface area contributed by atoms with Crippen molar-refractivity contribution in [3.05, 3.63) is 53.7 Å². The quantitative estimate of drug-likeness (QED) is 0.458. The van der Waals surface area contributed by atoms with Crippen LogP contribution >= 0.6 is 24.0 Å². The minimum absolute atomic E-state index is 0.117. The van der Waals surface area contributed by atoms with Crippen LogP contribution < -0.4 is 14.8 Å². The van der Waals surface area contributed by atoms with Crippen LogP contribution in [0.15, 0.2) is 47.6 Å². The van der Waals surface area contributed by atoms with E-state index in [-0.39, 0.29) is 25.2 Å². The molecule has 0 aliphatic carbocycles. The predicted molar refractivity (Wildman–Crippen MR) is 127 cm³/mol. The maximum atomic E-state index is 12.8. The maximum absolute atomic E-state index is 12.8. The van der Waals surface area contributed by atoms with Crippen LogP contribution in [0.3, 0.4) is 0 Å². The van der Waals surface area contributed by atoms with Crippen LogP contribution in [0.4, 0.5) is 5.69 Å². The molecule has 0 radical (unpaired) electrons. The zero-order chi connectivity index (χ0) is 22.2. The lowest BCUT2D eigenvalue weighted by molar-refractivity contribution is -0.124. The van der Waals surface area contributed by atoms with Crippen molar-refractivity contribution in [3.63, 3.8) is 0 Å². The molecule has 2 aromatic carbocycles. The normalized spacial score (nSPS) is 15.3. The number of nitrogens with zero attached hydrogens (tertiary/aromatic N) is 3. The van der Waals surface area contributed by atoms with Gasteiger partial charge in [0, 0.05) is 33.9 Å². The van der Waals surface area contributed by atoms with Crippen molar-refractivity contribution < 1.29 is 19.1 Å². The van der Waals surface area contributed by atoms with E-state index in [0.29, 0.717) is 27.3 Å². The van der Waals surface area contributed by atoms with Crippen molar-refractivity contribution in [2.45, 2.75) is 13.5 Å². The van der Waals surface area contributed by atoms with Crippen molar-refractivity contribution in [3.8, 4) is 11.5 Å². The van der Waals surface area contributed by atoms with E-state index in [9.17, 15) is 9.59 Å². The molecule has 3 heterocycles. The number of hydrogen-bond donors (Lipinski definition) is 1. The molecule has 0 atom stereocenters. The average Bonchev–Trinajstić information content (AvgIpc) is 3.45. The number of thiocarbonyl (C=S) groups is 1. The minimum atomic E-state index is -0.177. The first-order chi connectivity index (χ1) is 15.5. The summed E-state index contributed by atoms with van der Waals surface area (Å²) in [5.74, 6) is 1.26. The highest BCUT2D eigenvalue weighted by molar-refractivity contribution is 8.23. The summed E-state index contributed by atoms with van der Waals surface area (Å²) in [7, 11) is 0. The van der Waals surface area contributed by atoms with Crippen LogP contribution in [0.2, 0.25) is 0 Å². The molecule has 2 aliphatic rings. The van der Waals surface area contributed by atoms with Crippen molar-refractivity contribution >= 4 is 62.9 Å². The van der Waals surface area contributed by atoms with Crippen molar-refractivity contribution in [1.82, 2.24) is 9.58 Å². The topological polar surface area (TPSA) is 85.2 Å². The zero-order valence-electron chi connectivity index (χ0n) is 17.0. The highest BCUT2D eigenvalue weighted by Gasteiger charge is 2.26. The Morgan fingerprint density at radius 3 is 2.88 bits per heavy atom. The molecule has 1 aromatic heterocycles. The largest absolute Gasteiger partial charge is 0.454 e. The van der Waals surface area contributed by atoms with Gasteiger partial charge in [-0.15, -0.1) is 0 Å². The molecule has 0 spiro atoms. The van der Waals surface area contributed by atoms with Crippen molar-refractivity contribution in [2.75, 3.05) is 17.9 Å². The predicted octanol–water partition coefficient (Wildman–Crippen LogP) is 3.51. The molecule has 0 unspecified atom stereocenters. The number of ether oxygens (including phenoxy) is 2. The molecule has 5 rings (SSSR count). The zero-order valence-corrected chi connectivity index (χ0v) is 18.7. The highest BCUT2D eigenvalue weighted by Crippen LogP contribution is 2.34. The molecule has 2 aliphatic heterocycles. The van der Waals surface area contributed by atoms with Gasteiger partial charge < -0.3 is 19.4 Å². The fraction of sp³-hybridized carbons (Fsp3) is 0.182. The summed E-state index contributed by atoms with van der Waals surface area (Å²) < 4.78 is 13.0. The summed E-state index contributed by atoms with van der Waals surface area (Å²) in [6.07, 6.45) is 1.64. The van der Waals surface area contributed by atoms with E-state index in [1.54, 1.807) is 24.4 Å². The van der Waals surface area contributed by atoms with Crippen LogP contribution in [-0.2, 0) is 16.1 Å². The molecule has 0 bridgehead atoms. The third kappa shape index (κ3) is 3.71. The van der Waals surface area contributed by atoms with E-state index in [1.165, 1.54) is 16.8 Å². The molecule has 2 amide bonds. The molecule has 8 nitrogen and oxygen atoms in total. The van der Waals surface area contributed by atoms with Gasteiger partial charge >= 0.3 is 0 Å². The number of aromatic nitrogens is 1. The number of nitrogens with one attached hydrogen (secondary N) is 1. The van der Waals surface area contributed by atoms with Gasteiger partial charge in [0.2, 0.25) is 12.7 Å². The van der Waals surface area contributed by atoms with Gasteiger partial charge in [-0.25, -0.2) is 0 Å². The number of rotatable bonds is 5. The molecule has 162 valence electrons. The Morgan fingerprint density at radius 2 is 2.06 bits per heavy atom. The van der Waals surface area contributed by atoms with Gasteiger partial charge in [-0.2, -0.15) is 10.1 Å². The first kappa shape index (κ1) is 20.5. The number of carbonyl (C=O) groups excluding carboxylic acids is 2. The number of hydrazone groups is 1. The Kier molecular flexibility index (Phi) is 5.32. The summed E-state index contributed by atoms with van der Waals surface area (Å²) >= 11 is 6.49. The number of hydrogen-bond acceptors (Lipinski definition) is 7. The minimum Gasteiger partial charge on any atom is -0.454 e. The Labute approximate surface area is 193 Å². The fourth-order valence-electron chi connectivity index (χ4n) is 3.72. The second-order valence-electron chi connectivity index (χ2n) is 7.22. The summed E-state index contributed by atoms with van der Waals surface area (Å²) in [4.78, 5) is 24.8. The van der Waals surface area contributed by atoms with E-state index >= 15 is 0 Å². The maximum Gasteiger partial charge on any atom is 0.259 e. The third-order valence-corrected chi connectivity index (χ3v) is 6.61. The van der Waals surface area contributed by atoms with Gasteiger partial charge in [-0.05, 0) is 25.1 Å². The Morgan fingerprint density at radius 1 is 1.25 bits per heavy atom. The molecule has 3 aromatic rings. The van der Waals surface area contributed by atoms with E-state index in [1.807, 2.05) is 35.8 Å². The first-order valence-electron chi connectivity index (χ1n) is 9.82. The number of fused-ring (bicyclic) bond motifs is 2. The number of benzene rings is 2. The van der Waals surface area contributed by atoms with Gasteiger partial charge in [0.25, 0.3) is 5.91 Å². The Hall–Kier alpha value is -3.37. The summed E-state index contributed by atoms with van der Waals surface area (Å²) in [5.41, 5.74) is 3.23. The molecule has 1 fully saturated rings. The molecule has 1 saturated heterocycles. The smallest absolute Gasteiger partial charge is 0.259 e. The number of thioether (sulfide) groups is 1. The fourth-order valence-corrected chi connectivity index (χ4v) is 4.68. The van der Waals surface area contributed by atoms with E-state index in [4.69, 9.17) is 21.7 Å². The molecular weight excluding hydrogens is 448 g/mol. The molecular formula is C22H18N4O4S2. The van der Waals surface area contributed by atoms with Gasteiger partial charge in [0.15, 0.2) is 15.8 Å². The molecule has 1 N–H and O–H groups in total. The van der Waals surface area contributed by atoms with Crippen LogP contribution in [0, 0.1) is 6.92 Å². The lowest BCUT2D eigenvalue weighted by Gasteiger charge is -2.10. The number of amides is 2. The van der Waals surface area contributed by atoms with E-state index < -0.39 is 0 Å². The van der Waals surface area contributed by atoms with Gasteiger partial charge in [0.05, 0.1) is 12.0 Å². The number of para-hydroxylation sites is 1. The third-order valence-electron chi connectivity index (χ3n) is 5.27. The van der Waals surface area contributed by atoms with Gasteiger partial charge in [0.1, 0.15) is 6.54 Å². The monoisotopic (exact) mass is 466 g/mol.